The van der Waals surface area contributed by atoms with Crippen molar-refractivity contribution in [3.05, 3.63) is 27.4 Å². The SMILES string of the molecule is CCC1CCC(c2nc3c(c(=O)[nH]2)CNC3)C1. The summed E-state index contributed by atoms with van der Waals surface area (Å²) in [7, 11) is 0. The highest BCUT2D eigenvalue weighted by atomic mass is 16.1. The van der Waals surface area contributed by atoms with E-state index >= 15 is 0 Å². The molecule has 0 amide bonds. The van der Waals surface area contributed by atoms with Gasteiger partial charge in [0, 0.05) is 19.0 Å². The van der Waals surface area contributed by atoms with Gasteiger partial charge in [0.15, 0.2) is 0 Å². The van der Waals surface area contributed by atoms with E-state index in [9.17, 15) is 4.79 Å². The number of hydrogen-bond acceptors (Lipinski definition) is 3. The van der Waals surface area contributed by atoms with Crippen LogP contribution in [-0.4, -0.2) is 9.97 Å². The van der Waals surface area contributed by atoms with Gasteiger partial charge in [0.2, 0.25) is 0 Å². The Hall–Kier alpha value is -1.16. The fourth-order valence-electron chi connectivity index (χ4n) is 3.09. The maximum atomic E-state index is 11.9. The Morgan fingerprint density at radius 1 is 1.35 bits per heavy atom. The van der Waals surface area contributed by atoms with E-state index in [-0.39, 0.29) is 5.56 Å². The van der Waals surface area contributed by atoms with Crippen LogP contribution >= 0.6 is 0 Å². The van der Waals surface area contributed by atoms with E-state index in [4.69, 9.17) is 0 Å². The average Bonchev–Trinajstić information content (AvgIpc) is 2.97. The predicted molar refractivity (Wildman–Crippen MR) is 65.8 cm³/mol. The van der Waals surface area contributed by atoms with E-state index in [1.165, 1.54) is 25.7 Å². The predicted octanol–water partition coefficient (Wildman–Crippen LogP) is 1.67. The summed E-state index contributed by atoms with van der Waals surface area (Å²) < 4.78 is 0. The van der Waals surface area contributed by atoms with Crippen molar-refractivity contribution in [3.63, 3.8) is 0 Å². The first kappa shape index (κ1) is 11.0. The molecule has 0 bridgehead atoms. The Morgan fingerprint density at radius 2 is 2.24 bits per heavy atom. The van der Waals surface area contributed by atoms with Crippen LogP contribution in [0.4, 0.5) is 0 Å². The minimum Gasteiger partial charge on any atom is -0.310 e. The number of H-pyrrole nitrogens is 1. The molecule has 1 saturated carbocycles. The average molecular weight is 233 g/mol. The Balaban J connectivity index is 1.90. The Labute approximate surface area is 101 Å². The molecule has 2 atom stereocenters. The van der Waals surface area contributed by atoms with E-state index in [2.05, 4.69) is 22.2 Å². The van der Waals surface area contributed by atoms with Gasteiger partial charge >= 0.3 is 0 Å². The monoisotopic (exact) mass is 233 g/mol. The van der Waals surface area contributed by atoms with Gasteiger partial charge in [-0.05, 0) is 25.2 Å². The highest BCUT2D eigenvalue weighted by Crippen LogP contribution is 2.38. The summed E-state index contributed by atoms with van der Waals surface area (Å²) in [5, 5.41) is 3.18. The maximum Gasteiger partial charge on any atom is 0.255 e. The van der Waals surface area contributed by atoms with Gasteiger partial charge in [-0.2, -0.15) is 0 Å². The molecule has 0 aromatic carbocycles. The molecule has 17 heavy (non-hydrogen) atoms. The van der Waals surface area contributed by atoms with Crippen LogP contribution in [0.3, 0.4) is 0 Å². The summed E-state index contributed by atoms with van der Waals surface area (Å²) in [4.78, 5) is 19.5. The fraction of sp³-hybridized carbons (Fsp3) is 0.692. The molecule has 2 heterocycles. The minimum atomic E-state index is 0.0648. The van der Waals surface area contributed by atoms with Crippen LogP contribution in [0.2, 0.25) is 0 Å². The molecular weight excluding hydrogens is 214 g/mol. The lowest BCUT2D eigenvalue weighted by molar-refractivity contribution is 0.516. The summed E-state index contributed by atoms with van der Waals surface area (Å²) in [6.45, 7) is 3.66. The zero-order valence-corrected chi connectivity index (χ0v) is 10.3. The van der Waals surface area contributed by atoms with Crippen molar-refractivity contribution < 1.29 is 0 Å². The van der Waals surface area contributed by atoms with Crippen molar-refractivity contribution in [2.75, 3.05) is 0 Å². The van der Waals surface area contributed by atoms with Crippen molar-refractivity contribution in [2.24, 2.45) is 5.92 Å². The molecule has 1 aliphatic carbocycles. The van der Waals surface area contributed by atoms with Crippen LogP contribution in [0.25, 0.3) is 0 Å². The standard InChI is InChI=1S/C13H19N3O/c1-2-8-3-4-9(5-8)12-15-11-7-14-6-10(11)13(17)16-12/h8-9,14H,2-7H2,1H3,(H,15,16,17). The molecule has 0 spiro atoms. The van der Waals surface area contributed by atoms with Crippen molar-refractivity contribution >= 4 is 0 Å². The zero-order chi connectivity index (χ0) is 11.8. The number of hydrogen-bond donors (Lipinski definition) is 2. The van der Waals surface area contributed by atoms with E-state index in [1.54, 1.807) is 0 Å². The molecule has 1 aromatic rings. The van der Waals surface area contributed by atoms with Gasteiger partial charge in [-0.3, -0.25) is 4.79 Å². The van der Waals surface area contributed by atoms with Crippen molar-refractivity contribution in [1.29, 1.82) is 0 Å². The first-order chi connectivity index (χ1) is 8.28. The molecule has 2 aliphatic rings. The van der Waals surface area contributed by atoms with Crippen LogP contribution in [0.1, 0.15) is 55.6 Å². The molecule has 4 heteroatoms. The van der Waals surface area contributed by atoms with Gasteiger partial charge in [0.1, 0.15) is 5.82 Å². The van der Waals surface area contributed by atoms with Crippen molar-refractivity contribution in [1.82, 2.24) is 15.3 Å². The number of fused-ring (bicyclic) bond motifs is 1. The van der Waals surface area contributed by atoms with E-state index in [1.807, 2.05) is 0 Å². The van der Waals surface area contributed by atoms with Crippen LogP contribution < -0.4 is 10.9 Å². The molecule has 92 valence electrons. The Bertz CT molecular complexity index is 480. The molecule has 1 aromatic heterocycles. The second kappa shape index (κ2) is 4.26. The molecule has 0 saturated heterocycles. The van der Waals surface area contributed by atoms with Gasteiger partial charge in [-0.25, -0.2) is 4.98 Å². The summed E-state index contributed by atoms with van der Waals surface area (Å²) in [6.07, 6.45) is 4.88. The molecule has 0 radical (unpaired) electrons. The fourth-order valence-corrected chi connectivity index (χ4v) is 3.09. The topological polar surface area (TPSA) is 57.8 Å². The van der Waals surface area contributed by atoms with Gasteiger partial charge in [-0.1, -0.05) is 13.3 Å². The second-order valence-electron chi connectivity index (χ2n) is 5.26. The van der Waals surface area contributed by atoms with E-state index in [0.717, 1.165) is 29.5 Å². The largest absolute Gasteiger partial charge is 0.310 e. The third-order valence-corrected chi connectivity index (χ3v) is 4.22. The van der Waals surface area contributed by atoms with Crippen LogP contribution in [0.15, 0.2) is 4.79 Å². The molecule has 1 fully saturated rings. The van der Waals surface area contributed by atoms with Crippen LogP contribution in [-0.2, 0) is 13.1 Å². The smallest absolute Gasteiger partial charge is 0.255 e. The third kappa shape index (κ3) is 1.90. The van der Waals surface area contributed by atoms with E-state index < -0.39 is 0 Å². The van der Waals surface area contributed by atoms with Gasteiger partial charge in [0.25, 0.3) is 5.56 Å². The quantitative estimate of drug-likeness (QED) is 0.817. The van der Waals surface area contributed by atoms with Crippen molar-refractivity contribution in [3.8, 4) is 0 Å². The van der Waals surface area contributed by atoms with Crippen molar-refractivity contribution in [2.45, 2.75) is 51.6 Å². The molecule has 1 aliphatic heterocycles. The highest BCUT2D eigenvalue weighted by molar-refractivity contribution is 5.22. The van der Waals surface area contributed by atoms with Crippen LogP contribution in [0.5, 0.6) is 0 Å². The van der Waals surface area contributed by atoms with Gasteiger partial charge in [0.05, 0.1) is 11.3 Å². The molecule has 4 nitrogen and oxygen atoms in total. The molecule has 2 N–H and O–H groups in total. The number of nitrogens with one attached hydrogen (secondary N) is 2. The third-order valence-electron chi connectivity index (χ3n) is 4.22. The highest BCUT2D eigenvalue weighted by Gasteiger charge is 2.28. The number of nitrogens with zero attached hydrogens (tertiary/aromatic N) is 1. The molecular formula is C13H19N3O. The van der Waals surface area contributed by atoms with Gasteiger partial charge in [-0.15, -0.1) is 0 Å². The number of aromatic nitrogens is 2. The summed E-state index contributed by atoms with van der Waals surface area (Å²) in [6, 6.07) is 0. The second-order valence-corrected chi connectivity index (χ2v) is 5.26. The minimum absolute atomic E-state index is 0.0648. The first-order valence-electron chi connectivity index (χ1n) is 6.60. The number of aromatic amines is 1. The number of rotatable bonds is 2. The van der Waals surface area contributed by atoms with Crippen LogP contribution in [0, 0.1) is 5.92 Å². The zero-order valence-electron chi connectivity index (χ0n) is 10.3. The summed E-state index contributed by atoms with van der Waals surface area (Å²) in [5.41, 5.74) is 1.86. The first-order valence-corrected chi connectivity index (χ1v) is 6.60. The lowest BCUT2D eigenvalue weighted by Gasteiger charge is -2.10. The Morgan fingerprint density at radius 3 is 3.00 bits per heavy atom. The Kier molecular flexibility index (Phi) is 2.74. The molecule has 2 unspecified atom stereocenters. The normalized spacial score (nSPS) is 27.4. The lowest BCUT2D eigenvalue weighted by Crippen LogP contribution is -2.18. The summed E-state index contributed by atoms with van der Waals surface area (Å²) >= 11 is 0. The maximum absolute atomic E-state index is 11.9. The van der Waals surface area contributed by atoms with Gasteiger partial charge < -0.3 is 10.3 Å². The molecule has 3 rings (SSSR count). The van der Waals surface area contributed by atoms with E-state index in [0.29, 0.717) is 12.5 Å². The lowest BCUT2D eigenvalue weighted by atomic mass is 10.0. The summed E-state index contributed by atoms with van der Waals surface area (Å²) in [5.74, 6) is 2.21.